The molecular formula is C20H25NO3. The first kappa shape index (κ1) is 16.6. The van der Waals surface area contributed by atoms with E-state index < -0.39 is 5.60 Å². The fourth-order valence-corrected chi connectivity index (χ4v) is 3.24. The van der Waals surface area contributed by atoms with Crippen molar-refractivity contribution in [1.82, 2.24) is 4.90 Å². The van der Waals surface area contributed by atoms with Gasteiger partial charge in [0.05, 0.1) is 7.11 Å². The lowest BCUT2D eigenvalue weighted by atomic mass is 9.94. The molecule has 1 fully saturated rings. The summed E-state index contributed by atoms with van der Waals surface area (Å²) in [5.74, 6) is 1.17. The van der Waals surface area contributed by atoms with Crippen LogP contribution in [0.25, 0.3) is 10.8 Å². The lowest BCUT2D eigenvalue weighted by molar-refractivity contribution is 0.0292. The van der Waals surface area contributed by atoms with Gasteiger partial charge in [-0.3, -0.25) is 0 Å². The molecule has 1 aliphatic heterocycles. The van der Waals surface area contributed by atoms with Gasteiger partial charge in [0, 0.05) is 19.0 Å². The lowest BCUT2D eigenvalue weighted by Crippen LogP contribution is -2.35. The SMILES string of the molecule is COc1cc2ccccc2cc1C1CCN(C(=O)OC(C)(C)C)C1. The van der Waals surface area contributed by atoms with Crippen molar-refractivity contribution in [3.05, 3.63) is 42.0 Å². The number of ether oxygens (including phenoxy) is 2. The molecule has 1 amide bonds. The van der Waals surface area contributed by atoms with Crippen LogP contribution in [-0.4, -0.2) is 36.8 Å². The standard InChI is InChI=1S/C20H25NO3/c1-20(2,3)24-19(22)21-10-9-16(13-21)17-11-14-7-5-6-8-15(14)12-18(17)23-4/h5-8,11-12,16H,9-10,13H2,1-4H3. The zero-order chi connectivity index (χ0) is 17.3. The normalized spacial score (nSPS) is 18.0. The van der Waals surface area contributed by atoms with Crippen LogP contribution >= 0.6 is 0 Å². The minimum absolute atomic E-state index is 0.232. The van der Waals surface area contributed by atoms with E-state index in [0.29, 0.717) is 6.54 Å². The topological polar surface area (TPSA) is 38.8 Å². The second kappa shape index (κ2) is 6.34. The first-order valence-corrected chi connectivity index (χ1v) is 8.42. The summed E-state index contributed by atoms with van der Waals surface area (Å²) in [5, 5.41) is 2.36. The second-order valence-corrected chi connectivity index (χ2v) is 7.35. The summed E-state index contributed by atoms with van der Waals surface area (Å²) in [7, 11) is 1.70. The molecule has 0 aromatic heterocycles. The van der Waals surface area contributed by atoms with Crippen molar-refractivity contribution in [2.45, 2.75) is 38.7 Å². The Morgan fingerprint density at radius 3 is 2.46 bits per heavy atom. The van der Waals surface area contributed by atoms with Gasteiger partial charge >= 0.3 is 6.09 Å². The molecule has 0 bridgehead atoms. The molecule has 1 unspecified atom stereocenters. The summed E-state index contributed by atoms with van der Waals surface area (Å²) in [6.45, 7) is 7.07. The van der Waals surface area contributed by atoms with E-state index in [4.69, 9.17) is 9.47 Å². The van der Waals surface area contributed by atoms with Crippen LogP contribution in [0.4, 0.5) is 4.79 Å². The monoisotopic (exact) mass is 327 g/mol. The maximum Gasteiger partial charge on any atom is 0.410 e. The van der Waals surface area contributed by atoms with E-state index in [1.807, 2.05) is 32.9 Å². The van der Waals surface area contributed by atoms with E-state index >= 15 is 0 Å². The Balaban J connectivity index is 1.82. The Bertz CT molecular complexity index is 748. The summed E-state index contributed by atoms with van der Waals surface area (Å²) in [6.07, 6.45) is 0.693. The van der Waals surface area contributed by atoms with Gasteiger partial charge in [-0.25, -0.2) is 4.79 Å². The number of benzene rings is 2. The third kappa shape index (κ3) is 3.48. The number of carbonyl (C=O) groups excluding carboxylic acids is 1. The van der Waals surface area contributed by atoms with Gasteiger partial charge in [-0.1, -0.05) is 24.3 Å². The molecule has 0 saturated carbocycles. The molecule has 4 nitrogen and oxygen atoms in total. The van der Waals surface area contributed by atoms with Gasteiger partial charge in [0.25, 0.3) is 0 Å². The molecule has 1 atom stereocenters. The minimum Gasteiger partial charge on any atom is -0.496 e. The number of likely N-dealkylation sites (tertiary alicyclic amines) is 1. The molecule has 128 valence electrons. The Morgan fingerprint density at radius 1 is 1.17 bits per heavy atom. The van der Waals surface area contributed by atoms with Crippen molar-refractivity contribution < 1.29 is 14.3 Å². The maximum absolute atomic E-state index is 12.3. The van der Waals surface area contributed by atoms with E-state index in [2.05, 4.69) is 24.3 Å². The molecule has 3 rings (SSSR count). The van der Waals surface area contributed by atoms with Gasteiger partial charge in [0.15, 0.2) is 0 Å². The van der Waals surface area contributed by atoms with Gasteiger partial charge in [-0.2, -0.15) is 0 Å². The molecule has 0 radical (unpaired) electrons. The highest BCUT2D eigenvalue weighted by atomic mass is 16.6. The van der Waals surface area contributed by atoms with Crippen molar-refractivity contribution >= 4 is 16.9 Å². The van der Waals surface area contributed by atoms with Crippen LogP contribution in [0.15, 0.2) is 36.4 Å². The molecule has 1 saturated heterocycles. The quantitative estimate of drug-likeness (QED) is 0.811. The zero-order valence-corrected chi connectivity index (χ0v) is 14.8. The van der Waals surface area contributed by atoms with Crippen molar-refractivity contribution in [1.29, 1.82) is 0 Å². The van der Waals surface area contributed by atoms with E-state index in [1.165, 1.54) is 16.3 Å². The number of hydrogen-bond acceptors (Lipinski definition) is 3. The number of rotatable bonds is 2. The zero-order valence-electron chi connectivity index (χ0n) is 14.8. The van der Waals surface area contributed by atoms with Crippen LogP contribution in [0.2, 0.25) is 0 Å². The number of hydrogen-bond donors (Lipinski definition) is 0. The molecule has 24 heavy (non-hydrogen) atoms. The van der Waals surface area contributed by atoms with Gasteiger partial charge in [-0.15, -0.1) is 0 Å². The molecule has 0 N–H and O–H groups in total. The lowest BCUT2D eigenvalue weighted by Gasteiger charge is -2.24. The molecule has 1 aliphatic rings. The van der Waals surface area contributed by atoms with Crippen LogP contribution in [-0.2, 0) is 4.74 Å². The van der Waals surface area contributed by atoms with Gasteiger partial charge in [0.2, 0.25) is 0 Å². The molecule has 0 aliphatic carbocycles. The predicted octanol–water partition coefficient (Wildman–Crippen LogP) is 4.57. The second-order valence-electron chi connectivity index (χ2n) is 7.35. The fourth-order valence-electron chi connectivity index (χ4n) is 3.24. The van der Waals surface area contributed by atoms with Crippen LogP contribution in [0.3, 0.4) is 0 Å². The highest BCUT2D eigenvalue weighted by Gasteiger charge is 2.32. The summed E-state index contributed by atoms with van der Waals surface area (Å²) in [5.41, 5.74) is 0.706. The van der Waals surface area contributed by atoms with E-state index in [1.54, 1.807) is 12.0 Å². The molecule has 1 heterocycles. The Labute approximate surface area is 143 Å². The van der Waals surface area contributed by atoms with E-state index in [-0.39, 0.29) is 12.0 Å². The van der Waals surface area contributed by atoms with E-state index in [9.17, 15) is 4.79 Å². The molecule has 4 heteroatoms. The number of methoxy groups -OCH3 is 1. The first-order chi connectivity index (χ1) is 11.4. The summed E-state index contributed by atoms with van der Waals surface area (Å²) >= 11 is 0. The van der Waals surface area contributed by atoms with Crippen LogP contribution in [0.5, 0.6) is 5.75 Å². The molecule has 2 aromatic rings. The number of nitrogens with zero attached hydrogens (tertiary/aromatic N) is 1. The number of carbonyl (C=O) groups is 1. The average molecular weight is 327 g/mol. The number of amides is 1. The van der Waals surface area contributed by atoms with Crippen molar-refractivity contribution in [2.75, 3.05) is 20.2 Å². The van der Waals surface area contributed by atoms with Crippen molar-refractivity contribution in [3.63, 3.8) is 0 Å². The van der Waals surface area contributed by atoms with E-state index in [0.717, 1.165) is 18.7 Å². The van der Waals surface area contributed by atoms with Crippen LogP contribution < -0.4 is 4.74 Å². The fraction of sp³-hybridized carbons (Fsp3) is 0.450. The minimum atomic E-state index is -0.462. The highest BCUT2D eigenvalue weighted by molar-refractivity contribution is 5.85. The van der Waals surface area contributed by atoms with Gasteiger partial charge < -0.3 is 14.4 Å². The van der Waals surface area contributed by atoms with Crippen LogP contribution in [0.1, 0.15) is 38.7 Å². The third-order valence-corrected chi connectivity index (χ3v) is 4.38. The largest absolute Gasteiger partial charge is 0.496 e. The molecule has 0 spiro atoms. The number of fused-ring (bicyclic) bond motifs is 1. The van der Waals surface area contributed by atoms with Crippen LogP contribution in [0, 0.1) is 0 Å². The van der Waals surface area contributed by atoms with Gasteiger partial charge in [0.1, 0.15) is 11.4 Å². The summed E-state index contributed by atoms with van der Waals surface area (Å²) in [6, 6.07) is 12.5. The molecule has 2 aromatic carbocycles. The third-order valence-electron chi connectivity index (χ3n) is 4.38. The van der Waals surface area contributed by atoms with Crippen molar-refractivity contribution in [2.24, 2.45) is 0 Å². The summed E-state index contributed by atoms with van der Waals surface area (Å²) in [4.78, 5) is 14.1. The Morgan fingerprint density at radius 2 is 1.83 bits per heavy atom. The Hall–Kier alpha value is -2.23. The highest BCUT2D eigenvalue weighted by Crippen LogP contribution is 2.36. The molecular weight excluding hydrogens is 302 g/mol. The summed E-state index contributed by atoms with van der Waals surface area (Å²) < 4.78 is 11.1. The smallest absolute Gasteiger partial charge is 0.410 e. The average Bonchev–Trinajstić information content (AvgIpc) is 3.02. The Kier molecular flexibility index (Phi) is 4.39. The van der Waals surface area contributed by atoms with Gasteiger partial charge in [-0.05, 0) is 55.7 Å². The van der Waals surface area contributed by atoms with Crippen molar-refractivity contribution in [3.8, 4) is 5.75 Å². The predicted molar refractivity (Wildman–Crippen MR) is 95.7 cm³/mol. The first-order valence-electron chi connectivity index (χ1n) is 8.42. The maximum atomic E-state index is 12.3.